The number of H-pyrrole nitrogens is 1. The number of carbonyl (C=O) groups excluding carboxylic acids is 1. The van der Waals surface area contributed by atoms with Crippen molar-refractivity contribution in [2.45, 2.75) is 32.7 Å². The van der Waals surface area contributed by atoms with Gasteiger partial charge in [0.15, 0.2) is 5.82 Å². The van der Waals surface area contributed by atoms with E-state index in [1.54, 1.807) is 18.7 Å². The second-order valence-corrected chi connectivity index (χ2v) is 5.14. The zero-order valence-electron chi connectivity index (χ0n) is 11.0. The predicted octanol–water partition coefficient (Wildman–Crippen LogP) is 1.15. The Bertz CT molecular complexity index is 543. The molecule has 0 bridgehead atoms. The van der Waals surface area contributed by atoms with Crippen LogP contribution in [0.15, 0.2) is 4.79 Å². The molecule has 0 spiro atoms. The molecule has 2 heterocycles. The molecule has 0 aromatic carbocycles. The minimum absolute atomic E-state index is 0.0607. The van der Waals surface area contributed by atoms with Gasteiger partial charge in [0, 0.05) is 26.1 Å². The maximum atomic E-state index is 11.5. The molecule has 1 aliphatic heterocycles. The fourth-order valence-corrected chi connectivity index (χ4v) is 2.39. The van der Waals surface area contributed by atoms with Gasteiger partial charge in [0.25, 0.3) is 5.56 Å². The van der Waals surface area contributed by atoms with Crippen LogP contribution < -0.4 is 10.9 Å². The molecule has 1 fully saturated rings. The normalized spacial score (nSPS) is 19.3. The Morgan fingerprint density at radius 3 is 3.00 bits per heavy atom. The minimum Gasteiger partial charge on any atom is -0.364 e. The molecule has 104 valence electrons. The number of nitrogens with one attached hydrogen (secondary N) is 2. The number of carbonyl (C=O) groups is 1. The van der Waals surface area contributed by atoms with Crippen LogP contribution in [-0.2, 0) is 4.79 Å². The lowest BCUT2D eigenvalue weighted by Gasteiger charge is -2.32. The summed E-state index contributed by atoms with van der Waals surface area (Å²) in [7, 11) is 0. The number of likely N-dealkylation sites (tertiary alicyclic amines) is 1. The van der Waals surface area contributed by atoms with Gasteiger partial charge in [-0.05, 0) is 19.8 Å². The maximum absolute atomic E-state index is 11.5. The van der Waals surface area contributed by atoms with Crippen molar-refractivity contribution in [2.24, 2.45) is 0 Å². The van der Waals surface area contributed by atoms with Gasteiger partial charge in [0.1, 0.15) is 10.8 Å². The molecule has 1 atom stereocenters. The van der Waals surface area contributed by atoms with E-state index in [9.17, 15) is 9.59 Å². The number of piperidine rings is 1. The molecule has 19 heavy (non-hydrogen) atoms. The van der Waals surface area contributed by atoms with Crippen LogP contribution in [0.1, 0.15) is 25.6 Å². The molecule has 2 N–H and O–H groups in total. The minimum atomic E-state index is -0.351. The predicted molar refractivity (Wildman–Crippen MR) is 73.5 cm³/mol. The number of anilines is 1. The Balaban J connectivity index is 2.13. The summed E-state index contributed by atoms with van der Waals surface area (Å²) in [6, 6.07) is 0.0730. The highest BCUT2D eigenvalue weighted by atomic mass is 35.5. The number of nitrogens with zero attached hydrogens (tertiary/aromatic N) is 2. The van der Waals surface area contributed by atoms with E-state index in [4.69, 9.17) is 11.6 Å². The number of hydrogen-bond acceptors (Lipinski definition) is 4. The SMILES string of the molecule is CC(=O)N1CCC[C@H](Nc2nc(C)[nH]c(=O)c2Cl)C1. The lowest BCUT2D eigenvalue weighted by Crippen LogP contribution is -2.44. The van der Waals surface area contributed by atoms with E-state index in [2.05, 4.69) is 15.3 Å². The second-order valence-electron chi connectivity index (χ2n) is 4.76. The number of rotatable bonds is 2. The van der Waals surface area contributed by atoms with Gasteiger partial charge >= 0.3 is 0 Å². The first-order valence-electron chi connectivity index (χ1n) is 6.26. The van der Waals surface area contributed by atoms with Gasteiger partial charge in [-0.2, -0.15) is 0 Å². The molecule has 0 saturated carbocycles. The van der Waals surface area contributed by atoms with E-state index in [1.165, 1.54) is 0 Å². The summed E-state index contributed by atoms with van der Waals surface area (Å²) in [5, 5.41) is 3.22. The highest BCUT2D eigenvalue weighted by Gasteiger charge is 2.22. The summed E-state index contributed by atoms with van der Waals surface area (Å²) in [5.74, 6) is 0.960. The van der Waals surface area contributed by atoms with E-state index >= 15 is 0 Å². The molecule has 2 rings (SSSR count). The lowest BCUT2D eigenvalue weighted by atomic mass is 10.1. The van der Waals surface area contributed by atoms with E-state index in [1.807, 2.05) is 0 Å². The number of hydrogen-bond donors (Lipinski definition) is 2. The number of aryl methyl sites for hydroxylation is 1. The van der Waals surface area contributed by atoms with Crippen LogP contribution >= 0.6 is 11.6 Å². The topological polar surface area (TPSA) is 78.1 Å². The molecule has 6 nitrogen and oxygen atoms in total. The standard InChI is InChI=1S/C12H17ClN4O2/c1-7-14-11(10(13)12(19)15-7)16-9-4-3-5-17(6-9)8(2)18/h9H,3-6H2,1-2H3,(H2,14,15,16,19)/t9-/m0/s1. The zero-order chi connectivity index (χ0) is 14.0. The smallest absolute Gasteiger partial charge is 0.271 e. The number of amides is 1. The van der Waals surface area contributed by atoms with Crippen LogP contribution in [0, 0.1) is 6.92 Å². The molecule has 7 heteroatoms. The van der Waals surface area contributed by atoms with E-state index in [0.29, 0.717) is 18.2 Å². The van der Waals surface area contributed by atoms with Crippen molar-refractivity contribution in [3.8, 4) is 0 Å². The van der Waals surface area contributed by atoms with Gasteiger partial charge in [-0.15, -0.1) is 0 Å². The highest BCUT2D eigenvalue weighted by Crippen LogP contribution is 2.19. The van der Waals surface area contributed by atoms with Gasteiger partial charge in [0.2, 0.25) is 5.91 Å². The first-order valence-corrected chi connectivity index (χ1v) is 6.63. The third kappa shape index (κ3) is 3.26. The number of aromatic nitrogens is 2. The highest BCUT2D eigenvalue weighted by molar-refractivity contribution is 6.32. The Morgan fingerprint density at radius 2 is 2.32 bits per heavy atom. The summed E-state index contributed by atoms with van der Waals surface area (Å²) in [6.45, 7) is 4.65. The summed E-state index contributed by atoms with van der Waals surface area (Å²) in [4.78, 5) is 31.4. The van der Waals surface area contributed by atoms with Crippen molar-refractivity contribution in [3.05, 3.63) is 21.2 Å². The Morgan fingerprint density at radius 1 is 1.58 bits per heavy atom. The molecule has 1 saturated heterocycles. The molecular formula is C12H17ClN4O2. The van der Waals surface area contributed by atoms with E-state index in [-0.39, 0.29) is 22.5 Å². The van der Waals surface area contributed by atoms with Crippen molar-refractivity contribution in [1.82, 2.24) is 14.9 Å². The average Bonchev–Trinajstić information content (AvgIpc) is 2.35. The molecule has 1 aromatic heterocycles. The van der Waals surface area contributed by atoms with Gasteiger partial charge in [-0.25, -0.2) is 4.98 Å². The van der Waals surface area contributed by atoms with Crippen molar-refractivity contribution in [3.63, 3.8) is 0 Å². The van der Waals surface area contributed by atoms with E-state index < -0.39 is 0 Å². The Hall–Kier alpha value is -1.56. The maximum Gasteiger partial charge on any atom is 0.271 e. The average molecular weight is 285 g/mol. The summed E-state index contributed by atoms with van der Waals surface area (Å²) in [6.07, 6.45) is 1.85. The van der Waals surface area contributed by atoms with Crippen LogP contribution in [0.3, 0.4) is 0 Å². The first kappa shape index (κ1) is 13.9. The quantitative estimate of drug-likeness (QED) is 0.854. The summed E-state index contributed by atoms with van der Waals surface area (Å²) >= 11 is 5.93. The van der Waals surface area contributed by atoms with Crippen LogP contribution in [-0.4, -0.2) is 39.9 Å². The number of halogens is 1. The number of aromatic amines is 1. The van der Waals surface area contributed by atoms with Crippen LogP contribution in [0.25, 0.3) is 0 Å². The van der Waals surface area contributed by atoms with Crippen molar-refractivity contribution in [1.29, 1.82) is 0 Å². The molecule has 1 amide bonds. The zero-order valence-corrected chi connectivity index (χ0v) is 11.8. The fourth-order valence-electron chi connectivity index (χ4n) is 2.24. The monoisotopic (exact) mass is 284 g/mol. The van der Waals surface area contributed by atoms with Crippen molar-refractivity contribution in [2.75, 3.05) is 18.4 Å². The summed E-state index contributed by atoms with van der Waals surface area (Å²) in [5.41, 5.74) is -0.351. The third-order valence-electron chi connectivity index (χ3n) is 3.19. The molecule has 0 aliphatic carbocycles. The summed E-state index contributed by atoms with van der Waals surface area (Å²) < 4.78 is 0. The van der Waals surface area contributed by atoms with Gasteiger partial charge in [-0.3, -0.25) is 9.59 Å². The Labute approximate surface area is 116 Å². The first-order chi connectivity index (χ1) is 8.97. The third-order valence-corrected chi connectivity index (χ3v) is 3.54. The molecule has 1 aromatic rings. The van der Waals surface area contributed by atoms with Gasteiger partial charge in [-0.1, -0.05) is 11.6 Å². The van der Waals surface area contributed by atoms with Gasteiger partial charge in [0.05, 0.1) is 0 Å². The molecule has 0 unspecified atom stereocenters. The van der Waals surface area contributed by atoms with Crippen LogP contribution in [0.5, 0.6) is 0 Å². The Kier molecular flexibility index (Phi) is 4.09. The lowest BCUT2D eigenvalue weighted by molar-refractivity contribution is -0.129. The largest absolute Gasteiger partial charge is 0.364 e. The second kappa shape index (κ2) is 5.61. The van der Waals surface area contributed by atoms with Crippen molar-refractivity contribution >= 4 is 23.3 Å². The van der Waals surface area contributed by atoms with E-state index in [0.717, 1.165) is 19.4 Å². The fraction of sp³-hybridized carbons (Fsp3) is 0.583. The van der Waals surface area contributed by atoms with Crippen LogP contribution in [0.2, 0.25) is 5.02 Å². The molecule has 1 aliphatic rings. The molecule has 0 radical (unpaired) electrons. The van der Waals surface area contributed by atoms with Crippen molar-refractivity contribution < 1.29 is 4.79 Å². The van der Waals surface area contributed by atoms with Gasteiger partial charge < -0.3 is 15.2 Å². The van der Waals surface area contributed by atoms with Crippen LogP contribution in [0.4, 0.5) is 5.82 Å². The molecular weight excluding hydrogens is 268 g/mol.